The number of thiazole rings is 1. The molecular weight excluding hydrogens is 388 g/mol. The number of aromatic nitrogens is 1. The highest BCUT2D eigenvalue weighted by Gasteiger charge is 2.19. The first-order chi connectivity index (χ1) is 12.8. The Morgan fingerprint density at radius 3 is 2.59 bits per heavy atom. The average molecular weight is 404 g/mol. The molecule has 2 aromatic carbocycles. The SMILES string of the molecule is NS(=O)(=O)c1ccc(NCc2csc(Cc3ccccc3)n2)c([N+](=O)[O-])c1. The van der Waals surface area contributed by atoms with E-state index in [-0.39, 0.29) is 22.8 Å². The molecule has 0 saturated heterocycles. The minimum Gasteiger partial charge on any atom is -0.374 e. The standard InChI is InChI=1S/C17H16N4O4S2/c18-27(24,25)14-6-7-15(16(9-14)21(22)23)19-10-13-11-26-17(20-13)8-12-4-2-1-3-5-12/h1-7,9,11,19H,8,10H2,(H2,18,24,25). The smallest absolute Gasteiger partial charge is 0.293 e. The minimum absolute atomic E-state index is 0.199. The lowest BCUT2D eigenvalue weighted by molar-refractivity contribution is -0.384. The quantitative estimate of drug-likeness (QED) is 0.460. The van der Waals surface area contributed by atoms with Crippen molar-refractivity contribution in [3.05, 3.63) is 80.3 Å². The van der Waals surface area contributed by atoms with Gasteiger partial charge in [0.2, 0.25) is 10.0 Å². The molecule has 0 saturated carbocycles. The molecule has 0 unspecified atom stereocenters. The van der Waals surface area contributed by atoms with Gasteiger partial charge in [0.1, 0.15) is 5.69 Å². The number of sulfonamides is 1. The molecule has 0 bridgehead atoms. The van der Waals surface area contributed by atoms with E-state index < -0.39 is 14.9 Å². The van der Waals surface area contributed by atoms with E-state index in [0.717, 1.165) is 22.3 Å². The number of rotatable bonds is 7. The first kappa shape index (κ1) is 19.0. The van der Waals surface area contributed by atoms with Crippen LogP contribution >= 0.6 is 11.3 Å². The summed E-state index contributed by atoms with van der Waals surface area (Å²) in [6, 6.07) is 13.4. The summed E-state index contributed by atoms with van der Waals surface area (Å²) >= 11 is 1.52. The summed E-state index contributed by atoms with van der Waals surface area (Å²) in [4.78, 5) is 14.8. The van der Waals surface area contributed by atoms with E-state index in [1.165, 1.54) is 23.5 Å². The van der Waals surface area contributed by atoms with Gasteiger partial charge < -0.3 is 5.32 Å². The second kappa shape index (κ2) is 7.82. The molecule has 0 radical (unpaired) electrons. The average Bonchev–Trinajstić information content (AvgIpc) is 3.07. The molecule has 27 heavy (non-hydrogen) atoms. The molecule has 0 spiro atoms. The summed E-state index contributed by atoms with van der Waals surface area (Å²) in [5.74, 6) is 0. The van der Waals surface area contributed by atoms with Crippen molar-refractivity contribution in [3.63, 3.8) is 0 Å². The Morgan fingerprint density at radius 2 is 1.93 bits per heavy atom. The van der Waals surface area contributed by atoms with Crippen LogP contribution < -0.4 is 10.5 Å². The third kappa shape index (κ3) is 4.88. The molecule has 8 nitrogen and oxygen atoms in total. The normalized spacial score (nSPS) is 11.3. The fourth-order valence-corrected chi connectivity index (χ4v) is 3.82. The molecule has 0 aliphatic heterocycles. The van der Waals surface area contributed by atoms with Crippen molar-refractivity contribution >= 4 is 32.7 Å². The Hall–Kier alpha value is -2.82. The number of anilines is 1. The van der Waals surface area contributed by atoms with E-state index in [0.29, 0.717) is 6.42 Å². The first-order valence-corrected chi connectivity index (χ1v) is 10.3. The van der Waals surface area contributed by atoms with Crippen LogP contribution in [0.15, 0.2) is 58.8 Å². The Morgan fingerprint density at radius 1 is 1.19 bits per heavy atom. The number of hydrogen-bond acceptors (Lipinski definition) is 7. The maximum Gasteiger partial charge on any atom is 0.293 e. The molecule has 1 aromatic heterocycles. The first-order valence-electron chi connectivity index (χ1n) is 7.85. The Labute approximate surface area is 159 Å². The van der Waals surface area contributed by atoms with E-state index in [9.17, 15) is 18.5 Å². The summed E-state index contributed by atoms with van der Waals surface area (Å²) in [6.07, 6.45) is 0.717. The van der Waals surface area contributed by atoms with Crippen LogP contribution in [0.2, 0.25) is 0 Å². The van der Waals surface area contributed by atoms with Crippen LogP contribution in [-0.4, -0.2) is 18.3 Å². The highest BCUT2D eigenvalue weighted by atomic mass is 32.2. The lowest BCUT2D eigenvalue weighted by Gasteiger charge is -2.07. The Balaban J connectivity index is 1.72. The molecule has 3 N–H and O–H groups in total. The van der Waals surface area contributed by atoms with Gasteiger partial charge >= 0.3 is 0 Å². The van der Waals surface area contributed by atoms with Gasteiger partial charge in [-0.3, -0.25) is 10.1 Å². The Kier molecular flexibility index (Phi) is 5.49. The molecule has 0 amide bonds. The Bertz CT molecular complexity index is 1070. The number of nitro groups is 1. The van der Waals surface area contributed by atoms with Crippen molar-refractivity contribution < 1.29 is 13.3 Å². The molecule has 140 valence electrons. The third-order valence-electron chi connectivity index (χ3n) is 3.75. The minimum atomic E-state index is -4.01. The molecule has 3 aromatic rings. The zero-order chi connectivity index (χ0) is 19.4. The van der Waals surface area contributed by atoms with Crippen molar-refractivity contribution in [3.8, 4) is 0 Å². The zero-order valence-electron chi connectivity index (χ0n) is 14.0. The number of nitro benzene ring substituents is 1. The number of nitrogens with two attached hydrogens (primary N) is 1. The van der Waals surface area contributed by atoms with Gasteiger partial charge in [-0.15, -0.1) is 11.3 Å². The van der Waals surface area contributed by atoms with E-state index >= 15 is 0 Å². The molecule has 0 atom stereocenters. The van der Waals surface area contributed by atoms with Crippen LogP contribution in [0.1, 0.15) is 16.3 Å². The zero-order valence-corrected chi connectivity index (χ0v) is 15.7. The van der Waals surface area contributed by atoms with Crippen LogP contribution in [0.25, 0.3) is 0 Å². The van der Waals surface area contributed by atoms with Gasteiger partial charge in [-0.2, -0.15) is 0 Å². The summed E-state index contributed by atoms with van der Waals surface area (Å²) in [5.41, 5.74) is 1.74. The van der Waals surface area contributed by atoms with Gasteiger partial charge in [0.15, 0.2) is 0 Å². The molecular formula is C17H16N4O4S2. The van der Waals surface area contributed by atoms with Gasteiger partial charge in [-0.1, -0.05) is 30.3 Å². The second-order valence-corrected chi connectivity index (χ2v) is 8.23. The van der Waals surface area contributed by atoms with Crippen LogP contribution in [0.4, 0.5) is 11.4 Å². The number of nitrogens with zero attached hydrogens (tertiary/aromatic N) is 2. The maximum absolute atomic E-state index is 11.4. The molecule has 0 aliphatic rings. The number of nitrogens with one attached hydrogen (secondary N) is 1. The lowest BCUT2D eigenvalue weighted by Crippen LogP contribution is -2.13. The summed E-state index contributed by atoms with van der Waals surface area (Å²) in [5, 5.41) is 22.0. The number of hydrogen-bond donors (Lipinski definition) is 2. The molecule has 1 heterocycles. The number of primary sulfonamides is 1. The topological polar surface area (TPSA) is 128 Å². The maximum atomic E-state index is 11.4. The monoisotopic (exact) mass is 404 g/mol. The molecule has 10 heteroatoms. The van der Waals surface area contributed by atoms with Crippen LogP contribution in [0, 0.1) is 10.1 Å². The lowest BCUT2D eigenvalue weighted by atomic mass is 10.2. The second-order valence-electron chi connectivity index (χ2n) is 5.73. The van der Waals surface area contributed by atoms with E-state index in [1.807, 2.05) is 35.7 Å². The highest BCUT2D eigenvalue weighted by molar-refractivity contribution is 7.89. The van der Waals surface area contributed by atoms with Gasteiger partial charge in [0.05, 0.1) is 27.1 Å². The van der Waals surface area contributed by atoms with E-state index in [4.69, 9.17) is 5.14 Å². The van der Waals surface area contributed by atoms with Gasteiger partial charge in [-0.25, -0.2) is 18.5 Å². The van der Waals surface area contributed by atoms with Crippen molar-refractivity contribution in [2.24, 2.45) is 5.14 Å². The molecule has 0 aliphatic carbocycles. The van der Waals surface area contributed by atoms with Crippen LogP contribution in [0.3, 0.4) is 0 Å². The van der Waals surface area contributed by atoms with Crippen molar-refractivity contribution in [1.29, 1.82) is 0 Å². The summed E-state index contributed by atoms with van der Waals surface area (Å²) < 4.78 is 22.8. The van der Waals surface area contributed by atoms with E-state index in [2.05, 4.69) is 10.3 Å². The highest BCUT2D eigenvalue weighted by Crippen LogP contribution is 2.27. The summed E-state index contributed by atoms with van der Waals surface area (Å²) in [7, 11) is -4.01. The van der Waals surface area contributed by atoms with Crippen LogP contribution in [0.5, 0.6) is 0 Å². The predicted molar refractivity (Wildman–Crippen MR) is 103 cm³/mol. The molecule has 0 fully saturated rings. The largest absolute Gasteiger partial charge is 0.374 e. The fraction of sp³-hybridized carbons (Fsp3) is 0.118. The number of benzene rings is 2. The van der Waals surface area contributed by atoms with Crippen LogP contribution in [-0.2, 0) is 23.0 Å². The van der Waals surface area contributed by atoms with Crippen molar-refractivity contribution in [2.75, 3.05) is 5.32 Å². The van der Waals surface area contributed by atoms with Crippen molar-refractivity contribution in [1.82, 2.24) is 4.98 Å². The van der Waals surface area contributed by atoms with Gasteiger partial charge in [0.25, 0.3) is 5.69 Å². The fourth-order valence-electron chi connectivity index (χ4n) is 2.46. The predicted octanol–water partition coefficient (Wildman–Crippen LogP) is 2.90. The van der Waals surface area contributed by atoms with Gasteiger partial charge in [0, 0.05) is 17.9 Å². The van der Waals surface area contributed by atoms with Crippen molar-refractivity contribution in [2.45, 2.75) is 17.9 Å². The third-order valence-corrected chi connectivity index (χ3v) is 5.56. The van der Waals surface area contributed by atoms with E-state index in [1.54, 1.807) is 0 Å². The summed E-state index contributed by atoms with van der Waals surface area (Å²) in [6.45, 7) is 0.279. The molecule has 3 rings (SSSR count). The van der Waals surface area contributed by atoms with Gasteiger partial charge in [-0.05, 0) is 17.7 Å².